The highest BCUT2D eigenvalue weighted by Crippen LogP contribution is 2.27. The largest absolute Gasteiger partial charge is 0.451 e. The predicted octanol–water partition coefficient (Wildman–Crippen LogP) is 4.48. The Hall–Kier alpha value is -1.25. The second-order valence-electron chi connectivity index (χ2n) is 3.72. The molecule has 0 unspecified atom stereocenters. The molecule has 0 radical (unpaired) electrons. The lowest BCUT2D eigenvalue weighted by atomic mass is 10.1. The SMILES string of the molecule is N#CCc1ccc(NCc2cc(Br)c(Br)o2)cc1. The Labute approximate surface area is 122 Å². The van der Waals surface area contributed by atoms with E-state index in [4.69, 9.17) is 9.68 Å². The van der Waals surface area contributed by atoms with Crippen molar-refractivity contribution < 1.29 is 4.42 Å². The molecule has 1 heterocycles. The van der Waals surface area contributed by atoms with E-state index in [0.717, 1.165) is 21.5 Å². The zero-order valence-corrected chi connectivity index (χ0v) is 12.6. The van der Waals surface area contributed by atoms with E-state index in [9.17, 15) is 0 Å². The third-order valence-electron chi connectivity index (χ3n) is 2.40. The molecule has 0 fully saturated rings. The summed E-state index contributed by atoms with van der Waals surface area (Å²) in [6.07, 6.45) is 0.443. The summed E-state index contributed by atoms with van der Waals surface area (Å²) in [6, 6.07) is 11.8. The van der Waals surface area contributed by atoms with Crippen LogP contribution < -0.4 is 5.32 Å². The van der Waals surface area contributed by atoms with Crippen LogP contribution >= 0.6 is 31.9 Å². The molecule has 92 valence electrons. The molecule has 3 nitrogen and oxygen atoms in total. The van der Waals surface area contributed by atoms with Crippen LogP contribution in [0.4, 0.5) is 5.69 Å². The average Bonchev–Trinajstić information content (AvgIpc) is 2.68. The van der Waals surface area contributed by atoms with Gasteiger partial charge in [0.15, 0.2) is 4.67 Å². The fourth-order valence-electron chi connectivity index (χ4n) is 1.50. The van der Waals surface area contributed by atoms with Crippen LogP contribution in [-0.2, 0) is 13.0 Å². The number of hydrogen-bond acceptors (Lipinski definition) is 3. The van der Waals surface area contributed by atoms with Crippen LogP contribution in [0.25, 0.3) is 0 Å². The van der Waals surface area contributed by atoms with E-state index >= 15 is 0 Å². The van der Waals surface area contributed by atoms with Gasteiger partial charge in [0, 0.05) is 5.69 Å². The van der Waals surface area contributed by atoms with Crippen molar-refractivity contribution in [2.75, 3.05) is 5.32 Å². The maximum atomic E-state index is 8.58. The van der Waals surface area contributed by atoms with E-state index in [2.05, 4.69) is 43.2 Å². The summed E-state index contributed by atoms with van der Waals surface area (Å²) in [5.41, 5.74) is 2.02. The van der Waals surface area contributed by atoms with Crippen molar-refractivity contribution >= 4 is 37.5 Å². The van der Waals surface area contributed by atoms with Crippen molar-refractivity contribution in [3.63, 3.8) is 0 Å². The molecule has 2 aromatic rings. The zero-order valence-electron chi connectivity index (χ0n) is 9.41. The second kappa shape index (κ2) is 6.07. The number of hydrogen-bond donors (Lipinski definition) is 1. The van der Waals surface area contributed by atoms with Gasteiger partial charge in [0.25, 0.3) is 0 Å². The van der Waals surface area contributed by atoms with Crippen LogP contribution in [0.1, 0.15) is 11.3 Å². The summed E-state index contributed by atoms with van der Waals surface area (Å²) in [4.78, 5) is 0. The number of nitrogens with one attached hydrogen (secondary N) is 1. The van der Waals surface area contributed by atoms with E-state index < -0.39 is 0 Å². The molecule has 0 atom stereocenters. The molecule has 1 N–H and O–H groups in total. The summed E-state index contributed by atoms with van der Waals surface area (Å²) in [5, 5.41) is 11.8. The Balaban J connectivity index is 1.96. The molecule has 5 heteroatoms. The number of nitrogens with zero attached hydrogens (tertiary/aromatic N) is 1. The minimum Gasteiger partial charge on any atom is -0.451 e. The maximum Gasteiger partial charge on any atom is 0.183 e. The third kappa shape index (κ3) is 3.37. The fourth-order valence-corrected chi connectivity index (χ4v) is 2.16. The molecule has 0 saturated carbocycles. The van der Waals surface area contributed by atoms with E-state index in [1.165, 1.54) is 0 Å². The maximum absolute atomic E-state index is 8.58. The van der Waals surface area contributed by atoms with Gasteiger partial charge in [-0.3, -0.25) is 0 Å². The molecule has 18 heavy (non-hydrogen) atoms. The highest BCUT2D eigenvalue weighted by atomic mass is 79.9. The third-order valence-corrected chi connectivity index (χ3v) is 4.11. The highest BCUT2D eigenvalue weighted by Gasteiger charge is 2.05. The Morgan fingerprint density at radius 1 is 1.22 bits per heavy atom. The van der Waals surface area contributed by atoms with Gasteiger partial charge in [-0.25, -0.2) is 0 Å². The summed E-state index contributed by atoms with van der Waals surface area (Å²) in [5.74, 6) is 0.842. The van der Waals surface area contributed by atoms with Crippen molar-refractivity contribution in [3.8, 4) is 6.07 Å². The first-order valence-electron chi connectivity index (χ1n) is 5.32. The molecule has 1 aromatic heterocycles. The van der Waals surface area contributed by atoms with Gasteiger partial charge in [0.2, 0.25) is 0 Å². The highest BCUT2D eigenvalue weighted by molar-refractivity contribution is 9.13. The van der Waals surface area contributed by atoms with Gasteiger partial charge >= 0.3 is 0 Å². The van der Waals surface area contributed by atoms with Gasteiger partial charge in [-0.15, -0.1) is 0 Å². The molecule has 2 rings (SSSR count). The molecule has 1 aromatic carbocycles. The Bertz CT molecular complexity index is 550. The van der Waals surface area contributed by atoms with Crippen LogP contribution in [0.2, 0.25) is 0 Å². The van der Waals surface area contributed by atoms with E-state index in [1.54, 1.807) is 0 Å². The Kier molecular flexibility index (Phi) is 4.45. The van der Waals surface area contributed by atoms with Gasteiger partial charge in [-0.1, -0.05) is 12.1 Å². The number of halogens is 2. The Morgan fingerprint density at radius 2 is 1.94 bits per heavy atom. The quantitative estimate of drug-likeness (QED) is 0.864. The topological polar surface area (TPSA) is 49.0 Å². The van der Waals surface area contributed by atoms with Gasteiger partial charge in [0.1, 0.15) is 5.76 Å². The van der Waals surface area contributed by atoms with Crippen LogP contribution in [-0.4, -0.2) is 0 Å². The van der Waals surface area contributed by atoms with Gasteiger partial charge in [0.05, 0.1) is 23.5 Å². The summed E-state index contributed by atoms with van der Waals surface area (Å²) >= 11 is 6.67. The van der Waals surface area contributed by atoms with E-state index in [1.807, 2.05) is 30.3 Å². The molecule has 0 spiro atoms. The average molecular weight is 370 g/mol. The predicted molar refractivity (Wildman–Crippen MR) is 77.2 cm³/mol. The molecular weight excluding hydrogens is 360 g/mol. The zero-order chi connectivity index (χ0) is 13.0. The summed E-state index contributed by atoms with van der Waals surface area (Å²) < 4.78 is 7.07. The van der Waals surface area contributed by atoms with Crippen molar-refractivity contribution in [2.45, 2.75) is 13.0 Å². The van der Waals surface area contributed by atoms with Crippen molar-refractivity contribution in [2.24, 2.45) is 0 Å². The normalized spacial score (nSPS) is 10.1. The van der Waals surface area contributed by atoms with Crippen molar-refractivity contribution in [1.82, 2.24) is 0 Å². The summed E-state index contributed by atoms with van der Waals surface area (Å²) in [6.45, 7) is 0.613. The number of nitriles is 1. The smallest absolute Gasteiger partial charge is 0.183 e. The molecule has 0 amide bonds. The minimum atomic E-state index is 0.443. The van der Waals surface area contributed by atoms with Gasteiger partial charge in [-0.05, 0) is 55.6 Å². The molecule has 0 saturated heterocycles. The van der Waals surface area contributed by atoms with Gasteiger partial charge < -0.3 is 9.73 Å². The van der Waals surface area contributed by atoms with Crippen molar-refractivity contribution in [1.29, 1.82) is 5.26 Å². The second-order valence-corrected chi connectivity index (χ2v) is 5.29. The van der Waals surface area contributed by atoms with E-state index in [-0.39, 0.29) is 0 Å². The molecule has 0 aliphatic rings. The fraction of sp³-hybridized carbons (Fsp3) is 0.154. The van der Waals surface area contributed by atoms with Crippen molar-refractivity contribution in [3.05, 3.63) is 50.8 Å². The molecular formula is C13H10Br2N2O. The van der Waals surface area contributed by atoms with Gasteiger partial charge in [-0.2, -0.15) is 5.26 Å². The van der Waals surface area contributed by atoms with Crippen LogP contribution in [0, 0.1) is 11.3 Å². The molecule has 0 aliphatic heterocycles. The monoisotopic (exact) mass is 368 g/mol. The number of anilines is 1. The summed E-state index contributed by atoms with van der Waals surface area (Å²) in [7, 11) is 0. The van der Waals surface area contributed by atoms with Crippen LogP contribution in [0.15, 0.2) is 43.9 Å². The number of benzene rings is 1. The standard InChI is InChI=1S/C13H10Br2N2O/c14-12-7-11(18-13(12)15)8-17-10-3-1-9(2-4-10)5-6-16/h1-4,7,17H,5,8H2. The first-order chi connectivity index (χ1) is 8.69. The number of rotatable bonds is 4. The Morgan fingerprint density at radius 3 is 2.50 bits per heavy atom. The van der Waals surface area contributed by atoms with E-state index in [0.29, 0.717) is 17.6 Å². The minimum absolute atomic E-state index is 0.443. The molecule has 0 aliphatic carbocycles. The van der Waals surface area contributed by atoms with Crippen LogP contribution in [0.5, 0.6) is 0 Å². The lowest BCUT2D eigenvalue weighted by Gasteiger charge is -2.04. The lowest BCUT2D eigenvalue weighted by Crippen LogP contribution is -1.97. The molecule has 0 bridgehead atoms. The first-order valence-corrected chi connectivity index (χ1v) is 6.91. The van der Waals surface area contributed by atoms with Crippen LogP contribution in [0.3, 0.4) is 0 Å². The first kappa shape index (κ1) is 13.2. The lowest BCUT2D eigenvalue weighted by molar-refractivity contribution is 0.494. The number of furan rings is 1.